The Morgan fingerprint density at radius 3 is 2.69 bits per heavy atom. The Morgan fingerprint density at radius 1 is 1.38 bits per heavy atom. The maximum absolute atomic E-state index is 13.7. The van der Waals surface area contributed by atoms with E-state index in [2.05, 4.69) is 0 Å². The van der Waals surface area contributed by atoms with Crippen LogP contribution in [0.3, 0.4) is 0 Å². The molecule has 0 radical (unpaired) electrons. The number of hydrogen-bond donors (Lipinski definition) is 1. The van der Waals surface area contributed by atoms with Crippen molar-refractivity contribution < 1.29 is 13.9 Å². The molecule has 1 atom stereocenters. The van der Waals surface area contributed by atoms with E-state index in [9.17, 15) is 4.39 Å². The molecule has 0 amide bonds. The summed E-state index contributed by atoms with van der Waals surface area (Å²) in [6.07, 6.45) is -0.0501. The highest BCUT2D eigenvalue weighted by Gasteiger charge is 2.08. The molecule has 0 fully saturated rings. The third kappa shape index (κ3) is 3.56. The number of ether oxygens (including phenoxy) is 2. The lowest BCUT2D eigenvalue weighted by molar-refractivity contribution is -0.00114. The van der Waals surface area contributed by atoms with Crippen molar-refractivity contribution in [3.05, 3.63) is 35.1 Å². The van der Waals surface area contributed by atoms with E-state index in [1.54, 1.807) is 25.3 Å². The summed E-state index contributed by atoms with van der Waals surface area (Å²) in [5, 5.41) is 0. The number of methoxy groups -OCH3 is 1. The van der Waals surface area contributed by atoms with E-state index in [-0.39, 0.29) is 25.1 Å². The molecule has 0 saturated heterocycles. The van der Waals surface area contributed by atoms with Crippen molar-refractivity contribution in [2.45, 2.75) is 26.2 Å². The van der Waals surface area contributed by atoms with Gasteiger partial charge in [-0.1, -0.05) is 18.2 Å². The summed E-state index contributed by atoms with van der Waals surface area (Å²) in [7, 11) is 1.61. The molecule has 1 rings (SSSR count). The van der Waals surface area contributed by atoms with Crippen LogP contribution in [-0.4, -0.2) is 19.8 Å². The Hall–Kier alpha value is -0.970. The minimum atomic E-state index is -0.269. The molecule has 0 aliphatic rings. The SMILES string of the molecule is COCC(C)OCc1cccc(CN)c1F. The predicted octanol–water partition coefficient (Wildman–Crippen LogP) is 1.84. The summed E-state index contributed by atoms with van der Waals surface area (Å²) in [4.78, 5) is 0. The van der Waals surface area contributed by atoms with Crippen LogP contribution >= 0.6 is 0 Å². The third-order valence-corrected chi connectivity index (χ3v) is 2.30. The second-order valence-corrected chi connectivity index (χ2v) is 3.67. The van der Waals surface area contributed by atoms with Crippen molar-refractivity contribution in [1.82, 2.24) is 0 Å². The molecule has 1 aromatic carbocycles. The molecular weight excluding hydrogens is 209 g/mol. The summed E-state index contributed by atoms with van der Waals surface area (Å²) in [5.74, 6) is -0.269. The van der Waals surface area contributed by atoms with Gasteiger partial charge in [0.2, 0.25) is 0 Å². The molecular formula is C12H18FNO2. The average Bonchev–Trinajstić information content (AvgIpc) is 2.28. The summed E-state index contributed by atoms with van der Waals surface area (Å²) in [6.45, 7) is 2.82. The predicted molar refractivity (Wildman–Crippen MR) is 60.4 cm³/mol. The van der Waals surface area contributed by atoms with Crippen molar-refractivity contribution in [3.8, 4) is 0 Å². The van der Waals surface area contributed by atoms with Gasteiger partial charge >= 0.3 is 0 Å². The van der Waals surface area contributed by atoms with Gasteiger partial charge in [-0.15, -0.1) is 0 Å². The molecule has 0 aliphatic heterocycles. The number of halogens is 1. The zero-order valence-corrected chi connectivity index (χ0v) is 9.70. The largest absolute Gasteiger partial charge is 0.382 e. The first-order valence-corrected chi connectivity index (χ1v) is 5.26. The zero-order chi connectivity index (χ0) is 12.0. The van der Waals surface area contributed by atoms with E-state index < -0.39 is 0 Å². The van der Waals surface area contributed by atoms with E-state index >= 15 is 0 Å². The molecule has 0 heterocycles. The van der Waals surface area contributed by atoms with Gasteiger partial charge in [0.15, 0.2) is 0 Å². The molecule has 2 N–H and O–H groups in total. The summed E-state index contributed by atoms with van der Waals surface area (Å²) in [5.41, 5.74) is 6.47. The Kier molecular flexibility index (Phi) is 5.38. The Labute approximate surface area is 95.4 Å². The normalized spacial score (nSPS) is 12.8. The van der Waals surface area contributed by atoms with E-state index in [1.165, 1.54) is 0 Å². The van der Waals surface area contributed by atoms with Crippen LogP contribution in [0.2, 0.25) is 0 Å². The Morgan fingerprint density at radius 2 is 2.06 bits per heavy atom. The quantitative estimate of drug-likeness (QED) is 0.806. The first-order chi connectivity index (χ1) is 7.69. The number of rotatable bonds is 6. The van der Waals surface area contributed by atoms with Gasteiger partial charge in [-0.2, -0.15) is 0 Å². The van der Waals surface area contributed by atoms with Gasteiger partial charge in [-0.05, 0) is 6.92 Å². The maximum Gasteiger partial charge on any atom is 0.133 e. The van der Waals surface area contributed by atoms with Crippen molar-refractivity contribution >= 4 is 0 Å². The van der Waals surface area contributed by atoms with Gasteiger partial charge in [0.25, 0.3) is 0 Å². The van der Waals surface area contributed by atoms with Gasteiger partial charge in [-0.25, -0.2) is 4.39 Å². The first kappa shape index (κ1) is 13.1. The van der Waals surface area contributed by atoms with Gasteiger partial charge < -0.3 is 15.2 Å². The Balaban J connectivity index is 2.60. The van der Waals surface area contributed by atoms with E-state index in [0.29, 0.717) is 17.7 Å². The maximum atomic E-state index is 13.7. The minimum Gasteiger partial charge on any atom is -0.382 e. The van der Waals surface area contributed by atoms with Gasteiger partial charge in [0.05, 0.1) is 19.3 Å². The molecule has 4 heteroatoms. The second-order valence-electron chi connectivity index (χ2n) is 3.67. The standard InChI is InChI=1S/C12H18FNO2/c1-9(7-15-2)16-8-11-5-3-4-10(6-14)12(11)13/h3-5,9H,6-8,14H2,1-2H3. The number of hydrogen-bond acceptors (Lipinski definition) is 3. The fraction of sp³-hybridized carbons (Fsp3) is 0.500. The Bertz CT molecular complexity index is 331. The smallest absolute Gasteiger partial charge is 0.133 e. The third-order valence-electron chi connectivity index (χ3n) is 2.30. The van der Waals surface area contributed by atoms with Crippen LogP contribution in [0.15, 0.2) is 18.2 Å². The molecule has 0 aromatic heterocycles. The summed E-state index contributed by atoms with van der Waals surface area (Å²) < 4.78 is 24.1. The van der Waals surface area contributed by atoms with Crippen molar-refractivity contribution in [2.75, 3.05) is 13.7 Å². The topological polar surface area (TPSA) is 44.5 Å². The lowest BCUT2D eigenvalue weighted by Crippen LogP contribution is -2.15. The van der Waals surface area contributed by atoms with Crippen molar-refractivity contribution in [2.24, 2.45) is 5.73 Å². The highest BCUT2D eigenvalue weighted by Crippen LogP contribution is 2.14. The van der Waals surface area contributed by atoms with Gasteiger partial charge in [0.1, 0.15) is 5.82 Å². The highest BCUT2D eigenvalue weighted by molar-refractivity contribution is 5.25. The lowest BCUT2D eigenvalue weighted by atomic mass is 10.1. The second kappa shape index (κ2) is 6.58. The molecule has 0 saturated carbocycles. The van der Waals surface area contributed by atoms with Crippen LogP contribution in [0.5, 0.6) is 0 Å². The fourth-order valence-electron chi connectivity index (χ4n) is 1.42. The van der Waals surface area contributed by atoms with Crippen LogP contribution in [0.1, 0.15) is 18.1 Å². The number of benzene rings is 1. The van der Waals surface area contributed by atoms with Crippen LogP contribution in [0.4, 0.5) is 4.39 Å². The zero-order valence-electron chi connectivity index (χ0n) is 9.70. The average molecular weight is 227 g/mol. The molecule has 3 nitrogen and oxygen atoms in total. The van der Waals surface area contributed by atoms with Crippen LogP contribution in [0.25, 0.3) is 0 Å². The van der Waals surface area contributed by atoms with Gasteiger partial charge in [0, 0.05) is 24.8 Å². The van der Waals surface area contributed by atoms with E-state index in [4.69, 9.17) is 15.2 Å². The van der Waals surface area contributed by atoms with Crippen LogP contribution in [0, 0.1) is 5.82 Å². The molecule has 0 aliphatic carbocycles. The number of nitrogens with two attached hydrogens (primary N) is 1. The van der Waals surface area contributed by atoms with Crippen molar-refractivity contribution in [3.63, 3.8) is 0 Å². The minimum absolute atomic E-state index is 0.0501. The van der Waals surface area contributed by atoms with Crippen LogP contribution < -0.4 is 5.73 Å². The first-order valence-electron chi connectivity index (χ1n) is 5.26. The molecule has 1 aromatic rings. The summed E-state index contributed by atoms with van der Waals surface area (Å²) >= 11 is 0. The molecule has 0 spiro atoms. The fourth-order valence-corrected chi connectivity index (χ4v) is 1.42. The van der Waals surface area contributed by atoms with Gasteiger partial charge in [-0.3, -0.25) is 0 Å². The molecule has 0 bridgehead atoms. The monoisotopic (exact) mass is 227 g/mol. The van der Waals surface area contributed by atoms with Crippen molar-refractivity contribution in [1.29, 1.82) is 0 Å². The highest BCUT2D eigenvalue weighted by atomic mass is 19.1. The molecule has 16 heavy (non-hydrogen) atoms. The summed E-state index contributed by atoms with van der Waals surface area (Å²) in [6, 6.07) is 5.16. The van der Waals surface area contributed by atoms with Crippen LogP contribution in [-0.2, 0) is 22.6 Å². The molecule has 1 unspecified atom stereocenters. The lowest BCUT2D eigenvalue weighted by Gasteiger charge is -2.13. The molecule has 90 valence electrons. The van der Waals surface area contributed by atoms with E-state index in [0.717, 1.165) is 0 Å². The van der Waals surface area contributed by atoms with E-state index in [1.807, 2.05) is 6.92 Å².